The van der Waals surface area contributed by atoms with Gasteiger partial charge in [0.05, 0.1) is 12.0 Å². The van der Waals surface area contributed by atoms with Crippen LogP contribution in [0.2, 0.25) is 0 Å². The first-order chi connectivity index (χ1) is 10.2. The van der Waals surface area contributed by atoms with E-state index in [0.717, 1.165) is 29.3 Å². The van der Waals surface area contributed by atoms with Crippen LogP contribution in [-0.2, 0) is 9.59 Å². The van der Waals surface area contributed by atoms with Gasteiger partial charge in [-0.05, 0) is 18.1 Å². The summed E-state index contributed by atoms with van der Waals surface area (Å²) in [6.45, 7) is 1.31. The Bertz CT molecular complexity index is 558. The van der Waals surface area contributed by atoms with Crippen LogP contribution in [0.25, 0.3) is 0 Å². The van der Waals surface area contributed by atoms with E-state index in [9.17, 15) is 14.7 Å². The monoisotopic (exact) mass is 306 g/mol. The Morgan fingerprint density at radius 3 is 2.86 bits per heavy atom. The highest BCUT2D eigenvalue weighted by atomic mass is 32.2. The van der Waals surface area contributed by atoms with E-state index in [1.807, 2.05) is 24.3 Å². The molecule has 5 nitrogen and oxygen atoms in total. The van der Waals surface area contributed by atoms with Gasteiger partial charge in [0.25, 0.3) is 0 Å². The van der Waals surface area contributed by atoms with Crippen LogP contribution in [0.1, 0.15) is 17.9 Å². The minimum Gasteiger partial charge on any atom is -0.481 e. The molecular formula is C15H18N2O3S. The molecule has 2 heterocycles. The molecule has 1 aromatic carbocycles. The van der Waals surface area contributed by atoms with Gasteiger partial charge in [-0.1, -0.05) is 18.2 Å². The number of carbonyl (C=O) groups excluding carboxylic acids is 1. The Balaban J connectivity index is 1.88. The van der Waals surface area contributed by atoms with E-state index in [0.29, 0.717) is 13.0 Å². The largest absolute Gasteiger partial charge is 0.481 e. The number of anilines is 1. The Morgan fingerprint density at radius 1 is 1.33 bits per heavy atom. The number of thioether (sulfide) groups is 1. The lowest BCUT2D eigenvalue weighted by Crippen LogP contribution is -2.52. The number of fused-ring (bicyclic) bond motifs is 1. The van der Waals surface area contributed by atoms with Crippen LogP contribution in [-0.4, -0.2) is 47.6 Å². The number of amides is 1. The highest BCUT2D eigenvalue weighted by Gasteiger charge is 2.35. The SMILES string of the molecule is O=C(O)C1CCN(C(=O)C2CSCCN2)c2ccccc21. The normalized spacial score (nSPS) is 25.2. The summed E-state index contributed by atoms with van der Waals surface area (Å²) in [6, 6.07) is 7.18. The molecule has 2 N–H and O–H groups in total. The van der Waals surface area contributed by atoms with Crippen molar-refractivity contribution in [3.8, 4) is 0 Å². The van der Waals surface area contributed by atoms with Crippen molar-refractivity contribution in [2.45, 2.75) is 18.4 Å². The topological polar surface area (TPSA) is 69.6 Å². The predicted octanol–water partition coefficient (Wildman–Crippen LogP) is 1.30. The highest BCUT2D eigenvalue weighted by molar-refractivity contribution is 7.99. The van der Waals surface area contributed by atoms with Gasteiger partial charge in [0.2, 0.25) is 5.91 Å². The number of nitrogens with zero attached hydrogens (tertiary/aromatic N) is 1. The lowest BCUT2D eigenvalue weighted by atomic mass is 9.89. The van der Waals surface area contributed by atoms with Gasteiger partial charge in [-0.3, -0.25) is 9.59 Å². The van der Waals surface area contributed by atoms with E-state index in [4.69, 9.17) is 0 Å². The first-order valence-corrected chi connectivity index (χ1v) is 8.28. The van der Waals surface area contributed by atoms with E-state index in [2.05, 4.69) is 5.32 Å². The summed E-state index contributed by atoms with van der Waals surface area (Å²) >= 11 is 1.78. The molecular weight excluding hydrogens is 288 g/mol. The molecule has 0 spiro atoms. The molecule has 0 bridgehead atoms. The van der Waals surface area contributed by atoms with Crippen LogP contribution in [0.3, 0.4) is 0 Å². The zero-order valence-electron chi connectivity index (χ0n) is 11.6. The fourth-order valence-electron chi connectivity index (χ4n) is 2.96. The summed E-state index contributed by atoms with van der Waals surface area (Å²) < 4.78 is 0. The third-order valence-electron chi connectivity index (χ3n) is 4.03. The van der Waals surface area contributed by atoms with Crippen molar-refractivity contribution in [3.63, 3.8) is 0 Å². The summed E-state index contributed by atoms with van der Waals surface area (Å²) in [4.78, 5) is 25.8. The van der Waals surface area contributed by atoms with Crippen LogP contribution in [0, 0.1) is 0 Å². The molecule has 0 aromatic heterocycles. The standard InChI is InChI=1S/C15H18N2O3S/c18-14(12-9-21-8-6-16-12)17-7-5-11(15(19)20)10-3-1-2-4-13(10)17/h1-4,11-12,16H,5-9H2,(H,19,20). The van der Waals surface area contributed by atoms with Gasteiger partial charge in [0.15, 0.2) is 0 Å². The number of hydrogen-bond acceptors (Lipinski definition) is 4. The summed E-state index contributed by atoms with van der Waals surface area (Å²) in [6.07, 6.45) is 0.470. The van der Waals surface area contributed by atoms with Crippen LogP contribution >= 0.6 is 11.8 Å². The third kappa shape index (κ3) is 2.78. The lowest BCUT2D eigenvalue weighted by molar-refractivity contribution is -0.139. The Kier molecular flexibility index (Phi) is 4.17. The molecule has 112 valence electrons. The van der Waals surface area contributed by atoms with Crippen molar-refractivity contribution in [3.05, 3.63) is 29.8 Å². The number of carbonyl (C=O) groups is 2. The van der Waals surface area contributed by atoms with E-state index in [1.165, 1.54) is 0 Å². The van der Waals surface area contributed by atoms with Crippen LogP contribution in [0.15, 0.2) is 24.3 Å². The molecule has 21 heavy (non-hydrogen) atoms. The Labute approximate surface area is 127 Å². The molecule has 0 aliphatic carbocycles. The second kappa shape index (κ2) is 6.07. The van der Waals surface area contributed by atoms with Crippen LogP contribution in [0.5, 0.6) is 0 Å². The highest BCUT2D eigenvalue weighted by Crippen LogP contribution is 2.35. The molecule has 1 saturated heterocycles. The number of benzene rings is 1. The molecule has 0 saturated carbocycles. The van der Waals surface area contributed by atoms with Crippen molar-refractivity contribution >= 4 is 29.3 Å². The number of hydrogen-bond donors (Lipinski definition) is 2. The third-order valence-corrected chi connectivity index (χ3v) is 5.09. The predicted molar refractivity (Wildman–Crippen MR) is 82.9 cm³/mol. The second-order valence-corrected chi connectivity index (χ2v) is 6.46. The van der Waals surface area contributed by atoms with Crippen molar-refractivity contribution in [2.75, 3.05) is 29.5 Å². The van der Waals surface area contributed by atoms with Crippen molar-refractivity contribution < 1.29 is 14.7 Å². The molecule has 1 aromatic rings. The van der Waals surface area contributed by atoms with Gasteiger partial charge >= 0.3 is 5.97 Å². The van der Waals surface area contributed by atoms with Crippen molar-refractivity contribution in [1.82, 2.24) is 5.32 Å². The molecule has 6 heteroatoms. The fraction of sp³-hybridized carbons (Fsp3) is 0.467. The zero-order valence-corrected chi connectivity index (χ0v) is 12.4. The molecule has 2 unspecified atom stereocenters. The number of carboxylic acids is 1. The summed E-state index contributed by atoms with van der Waals surface area (Å²) in [5.41, 5.74) is 1.49. The molecule has 2 aliphatic rings. The lowest BCUT2D eigenvalue weighted by Gasteiger charge is -2.35. The van der Waals surface area contributed by atoms with Crippen LogP contribution in [0.4, 0.5) is 5.69 Å². The molecule has 1 fully saturated rings. The fourth-order valence-corrected chi connectivity index (χ4v) is 3.88. The van der Waals surface area contributed by atoms with Crippen molar-refractivity contribution in [1.29, 1.82) is 0 Å². The van der Waals surface area contributed by atoms with Gasteiger partial charge in [-0.25, -0.2) is 0 Å². The molecule has 2 atom stereocenters. The summed E-state index contributed by atoms with van der Waals surface area (Å²) in [5.74, 6) is 0.528. The minimum atomic E-state index is -0.819. The quantitative estimate of drug-likeness (QED) is 0.862. The Hall–Kier alpha value is -1.53. The van der Waals surface area contributed by atoms with Crippen molar-refractivity contribution in [2.24, 2.45) is 0 Å². The first kappa shape index (κ1) is 14.4. The second-order valence-electron chi connectivity index (χ2n) is 5.31. The van der Waals surface area contributed by atoms with E-state index < -0.39 is 11.9 Å². The average molecular weight is 306 g/mol. The average Bonchev–Trinajstić information content (AvgIpc) is 2.54. The summed E-state index contributed by atoms with van der Waals surface area (Å²) in [5, 5.41) is 12.6. The minimum absolute atomic E-state index is 0.0542. The maximum atomic E-state index is 12.7. The number of aliphatic carboxylic acids is 1. The first-order valence-electron chi connectivity index (χ1n) is 7.12. The van der Waals surface area contributed by atoms with Gasteiger partial charge in [0, 0.05) is 30.3 Å². The number of nitrogens with one attached hydrogen (secondary N) is 1. The number of para-hydroxylation sites is 1. The maximum Gasteiger partial charge on any atom is 0.311 e. The number of rotatable bonds is 2. The zero-order chi connectivity index (χ0) is 14.8. The van der Waals surface area contributed by atoms with Gasteiger partial charge < -0.3 is 15.3 Å². The molecule has 2 aliphatic heterocycles. The van der Waals surface area contributed by atoms with E-state index in [1.54, 1.807) is 16.7 Å². The van der Waals surface area contributed by atoms with E-state index in [-0.39, 0.29) is 11.9 Å². The molecule has 3 rings (SSSR count). The van der Waals surface area contributed by atoms with Gasteiger partial charge in [0.1, 0.15) is 0 Å². The van der Waals surface area contributed by atoms with E-state index >= 15 is 0 Å². The van der Waals surface area contributed by atoms with Crippen LogP contribution < -0.4 is 10.2 Å². The molecule has 1 amide bonds. The maximum absolute atomic E-state index is 12.7. The van der Waals surface area contributed by atoms with Gasteiger partial charge in [-0.15, -0.1) is 0 Å². The number of carboxylic acid groups (broad SMARTS) is 1. The van der Waals surface area contributed by atoms with Gasteiger partial charge in [-0.2, -0.15) is 11.8 Å². The summed E-state index contributed by atoms with van der Waals surface area (Å²) in [7, 11) is 0. The molecule has 0 radical (unpaired) electrons. The smallest absolute Gasteiger partial charge is 0.311 e. The Morgan fingerprint density at radius 2 is 2.14 bits per heavy atom.